The fourth-order valence-corrected chi connectivity index (χ4v) is 3.10. The maximum atomic E-state index is 12.2. The molecule has 1 saturated heterocycles. The van der Waals surface area contributed by atoms with Crippen LogP contribution in [0.25, 0.3) is 0 Å². The van der Waals surface area contributed by atoms with Crippen molar-refractivity contribution in [1.82, 2.24) is 15.3 Å². The zero-order chi connectivity index (χ0) is 18.2. The van der Waals surface area contributed by atoms with Crippen LogP contribution in [0.2, 0.25) is 0 Å². The van der Waals surface area contributed by atoms with Gasteiger partial charge >= 0.3 is 0 Å². The third-order valence-electron chi connectivity index (χ3n) is 4.58. The second-order valence-corrected chi connectivity index (χ2v) is 6.62. The summed E-state index contributed by atoms with van der Waals surface area (Å²) in [5, 5.41) is 6.14. The van der Waals surface area contributed by atoms with Gasteiger partial charge in [0.15, 0.2) is 0 Å². The van der Waals surface area contributed by atoms with E-state index in [1.807, 2.05) is 12.1 Å². The molecule has 2 heterocycles. The number of benzene rings is 1. The number of carbonyl (C=O) groups excluding carboxylic acids is 1. The Kier molecular flexibility index (Phi) is 6.41. The highest BCUT2D eigenvalue weighted by molar-refractivity contribution is 5.92. The van der Waals surface area contributed by atoms with E-state index in [1.54, 1.807) is 6.07 Å². The number of hydrogen-bond acceptors (Lipinski definition) is 5. The van der Waals surface area contributed by atoms with Crippen molar-refractivity contribution >= 4 is 23.1 Å². The Morgan fingerprint density at radius 3 is 2.62 bits per heavy atom. The van der Waals surface area contributed by atoms with Crippen molar-refractivity contribution in [3.8, 4) is 0 Å². The van der Waals surface area contributed by atoms with Crippen molar-refractivity contribution in [1.29, 1.82) is 0 Å². The molecule has 1 fully saturated rings. The molecule has 1 aromatic carbocycles. The fourth-order valence-electron chi connectivity index (χ4n) is 3.10. The predicted molar refractivity (Wildman–Crippen MR) is 105 cm³/mol. The summed E-state index contributed by atoms with van der Waals surface area (Å²) in [5.74, 6) is 0.462. The molecule has 0 atom stereocenters. The Morgan fingerprint density at radius 1 is 1.12 bits per heavy atom. The third kappa shape index (κ3) is 4.94. The summed E-state index contributed by atoms with van der Waals surface area (Å²) in [4.78, 5) is 22.9. The highest BCUT2D eigenvalue weighted by atomic mass is 16.1. The number of aromatic nitrogens is 2. The third-order valence-corrected chi connectivity index (χ3v) is 4.58. The molecule has 3 rings (SSSR count). The summed E-state index contributed by atoms with van der Waals surface area (Å²) in [7, 11) is 0. The van der Waals surface area contributed by atoms with Crippen molar-refractivity contribution in [3.63, 3.8) is 0 Å². The van der Waals surface area contributed by atoms with Crippen LogP contribution in [-0.4, -0.2) is 35.5 Å². The summed E-state index contributed by atoms with van der Waals surface area (Å²) in [6, 6.07) is 10.0. The number of nitrogens with zero attached hydrogens (tertiary/aromatic N) is 3. The molecule has 2 aromatic rings. The van der Waals surface area contributed by atoms with Crippen LogP contribution in [0.3, 0.4) is 0 Å². The molecule has 6 nitrogen and oxygen atoms in total. The van der Waals surface area contributed by atoms with Gasteiger partial charge in [-0.1, -0.05) is 19.8 Å². The quantitative estimate of drug-likeness (QED) is 0.708. The lowest BCUT2D eigenvalue weighted by Gasteiger charge is -2.17. The largest absolute Gasteiger partial charge is 0.372 e. The van der Waals surface area contributed by atoms with E-state index in [-0.39, 0.29) is 5.91 Å². The van der Waals surface area contributed by atoms with Crippen LogP contribution in [0.5, 0.6) is 0 Å². The number of amides is 1. The van der Waals surface area contributed by atoms with Crippen LogP contribution in [-0.2, 0) is 0 Å². The minimum absolute atomic E-state index is 0.157. The van der Waals surface area contributed by atoms with Gasteiger partial charge in [0.1, 0.15) is 17.8 Å². The molecule has 1 amide bonds. The molecule has 1 aromatic heterocycles. The molecule has 1 aliphatic heterocycles. The zero-order valence-corrected chi connectivity index (χ0v) is 15.4. The molecule has 26 heavy (non-hydrogen) atoms. The van der Waals surface area contributed by atoms with Gasteiger partial charge in [0.25, 0.3) is 5.91 Å². The van der Waals surface area contributed by atoms with Gasteiger partial charge in [-0.2, -0.15) is 0 Å². The molecule has 0 saturated carbocycles. The van der Waals surface area contributed by atoms with Crippen molar-refractivity contribution in [2.24, 2.45) is 0 Å². The lowest BCUT2D eigenvalue weighted by molar-refractivity contribution is 0.0948. The molecule has 0 bridgehead atoms. The number of hydrogen-bond donors (Lipinski definition) is 2. The van der Waals surface area contributed by atoms with Crippen LogP contribution in [0, 0.1) is 0 Å². The molecule has 1 aliphatic rings. The molecule has 138 valence electrons. The van der Waals surface area contributed by atoms with E-state index in [9.17, 15) is 4.79 Å². The lowest BCUT2D eigenvalue weighted by Crippen LogP contribution is -2.25. The van der Waals surface area contributed by atoms with Crippen molar-refractivity contribution in [2.75, 3.05) is 29.9 Å². The summed E-state index contributed by atoms with van der Waals surface area (Å²) in [6.45, 7) is 5.09. The molecule has 0 radical (unpaired) electrons. The van der Waals surface area contributed by atoms with Crippen molar-refractivity contribution in [2.45, 2.75) is 39.0 Å². The Labute approximate surface area is 155 Å². The van der Waals surface area contributed by atoms with Crippen LogP contribution in [0.15, 0.2) is 36.7 Å². The van der Waals surface area contributed by atoms with E-state index in [2.05, 4.69) is 44.6 Å². The molecule has 0 aliphatic carbocycles. The second kappa shape index (κ2) is 9.17. The molecule has 0 spiro atoms. The number of carbonyl (C=O) groups is 1. The average Bonchev–Trinajstić information content (AvgIpc) is 3.21. The van der Waals surface area contributed by atoms with Crippen LogP contribution in [0.1, 0.15) is 49.5 Å². The SMILES string of the molecule is CCCCCNC(=O)c1cc(Nc2ccc(N3CCCC3)cc2)ncn1. The maximum Gasteiger partial charge on any atom is 0.270 e. The minimum atomic E-state index is -0.157. The highest BCUT2D eigenvalue weighted by Gasteiger charge is 2.12. The van der Waals surface area contributed by atoms with Crippen LogP contribution < -0.4 is 15.5 Å². The van der Waals surface area contributed by atoms with Gasteiger partial charge in [-0.3, -0.25) is 4.79 Å². The van der Waals surface area contributed by atoms with Gasteiger partial charge < -0.3 is 15.5 Å². The van der Waals surface area contributed by atoms with E-state index in [4.69, 9.17) is 0 Å². The molecule has 0 unspecified atom stereocenters. The molecular formula is C20H27N5O. The highest BCUT2D eigenvalue weighted by Crippen LogP contribution is 2.23. The topological polar surface area (TPSA) is 70.2 Å². The second-order valence-electron chi connectivity index (χ2n) is 6.62. The van der Waals surface area contributed by atoms with Crippen molar-refractivity contribution < 1.29 is 4.79 Å². The Hall–Kier alpha value is -2.63. The first-order valence-electron chi connectivity index (χ1n) is 9.48. The summed E-state index contributed by atoms with van der Waals surface area (Å²) in [5.41, 5.74) is 2.58. The monoisotopic (exact) mass is 353 g/mol. The smallest absolute Gasteiger partial charge is 0.270 e. The van der Waals surface area contributed by atoms with Crippen LogP contribution >= 0.6 is 0 Å². The Bertz CT molecular complexity index is 710. The Morgan fingerprint density at radius 2 is 1.88 bits per heavy atom. The first kappa shape index (κ1) is 18.2. The van der Waals surface area contributed by atoms with Gasteiger partial charge in [0, 0.05) is 37.1 Å². The number of anilines is 3. The maximum absolute atomic E-state index is 12.2. The van der Waals surface area contributed by atoms with Gasteiger partial charge in [-0.15, -0.1) is 0 Å². The lowest BCUT2D eigenvalue weighted by atomic mass is 10.2. The van der Waals surface area contributed by atoms with E-state index < -0.39 is 0 Å². The predicted octanol–water partition coefficient (Wildman–Crippen LogP) is 3.74. The molecule has 2 N–H and O–H groups in total. The summed E-state index contributed by atoms with van der Waals surface area (Å²) >= 11 is 0. The molecular weight excluding hydrogens is 326 g/mol. The van der Waals surface area contributed by atoms with Gasteiger partial charge in [0.2, 0.25) is 0 Å². The van der Waals surface area contributed by atoms with Crippen LogP contribution in [0.4, 0.5) is 17.2 Å². The van der Waals surface area contributed by atoms with E-state index >= 15 is 0 Å². The first-order valence-corrected chi connectivity index (χ1v) is 9.48. The number of nitrogens with one attached hydrogen (secondary N) is 2. The first-order chi connectivity index (χ1) is 12.8. The number of unbranched alkanes of at least 4 members (excludes halogenated alkanes) is 2. The van der Waals surface area contributed by atoms with E-state index in [0.717, 1.165) is 38.0 Å². The minimum Gasteiger partial charge on any atom is -0.372 e. The van der Waals surface area contributed by atoms with E-state index in [1.165, 1.54) is 24.9 Å². The normalized spacial score (nSPS) is 13.7. The average molecular weight is 353 g/mol. The number of rotatable bonds is 8. The summed E-state index contributed by atoms with van der Waals surface area (Å²) < 4.78 is 0. The molecule has 6 heteroatoms. The standard InChI is InChI=1S/C20H27N5O/c1-2-3-4-11-21-20(26)18-14-19(23-15-22-18)24-16-7-9-17(10-8-16)25-12-5-6-13-25/h7-10,14-15H,2-6,11-13H2,1H3,(H,21,26)(H,22,23,24). The van der Waals surface area contributed by atoms with Gasteiger partial charge in [0.05, 0.1) is 0 Å². The zero-order valence-electron chi connectivity index (χ0n) is 15.4. The van der Waals surface area contributed by atoms with Gasteiger partial charge in [-0.25, -0.2) is 9.97 Å². The van der Waals surface area contributed by atoms with Crippen molar-refractivity contribution in [3.05, 3.63) is 42.4 Å². The summed E-state index contributed by atoms with van der Waals surface area (Å²) in [6.07, 6.45) is 7.19. The van der Waals surface area contributed by atoms with E-state index in [0.29, 0.717) is 18.1 Å². The van der Waals surface area contributed by atoms with Gasteiger partial charge in [-0.05, 0) is 43.5 Å². The Balaban J connectivity index is 1.58. The fraction of sp³-hybridized carbons (Fsp3) is 0.450.